The van der Waals surface area contributed by atoms with E-state index < -0.39 is 0 Å². The van der Waals surface area contributed by atoms with Crippen LogP contribution in [-0.4, -0.2) is 42.4 Å². The molecule has 17 heavy (non-hydrogen) atoms. The molecule has 1 heterocycles. The molecule has 2 unspecified atom stereocenters. The molecule has 1 aromatic carbocycles. The van der Waals surface area contributed by atoms with Crippen LogP contribution >= 0.6 is 0 Å². The van der Waals surface area contributed by atoms with Crippen LogP contribution in [0.4, 0.5) is 0 Å². The van der Waals surface area contributed by atoms with Crippen LogP contribution in [0.25, 0.3) is 0 Å². The van der Waals surface area contributed by atoms with Crippen molar-refractivity contribution in [1.29, 1.82) is 0 Å². The SMILES string of the molecule is Cc1ccc2c(c1)CC(CN(C)C(C)CO)O2. The van der Waals surface area contributed by atoms with E-state index in [-0.39, 0.29) is 18.8 Å². The molecular weight excluding hydrogens is 214 g/mol. The van der Waals surface area contributed by atoms with Gasteiger partial charge in [0.05, 0.1) is 6.61 Å². The lowest BCUT2D eigenvalue weighted by Crippen LogP contribution is -2.39. The van der Waals surface area contributed by atoms with Gasteiger partial charge in [-0.1, -0.05) is 17.7 Å². The van der Waals surface area contributed by atoms with Crippen LogP contribution in [0.1, 0.15) is 18.1 Å². The number of aryl methyl sites for hydroxylation is 1. The molecule has 0 saturated carbocycles. The van der Waals surface area contributed by atoms with Crippen LogP contribution in [0, 0.1) is 6.92 Å². The molecule has 2 rings (SSSR count). The van der Waals surface area contributed by atoms with Gasteiger partial charge in [0.1, 0.15) is 11.9 Å². The molecule has 0 radical (unpaired) electrons. The molecule has 0 spiro atoms. The van der Waals surface area contributed by atoms with Crippen molar-refractivity contribution in [3.8, 4) is 5.75 Å². The summed E-state index contributed by atoms with van der Waals surface area (Å²) < 4.78 is 5.90. The fourth-order valence-electron chi connectivity index (χ4n) is 2.19. The highest BCUT2D eigenvalue weighted by Gasteiger charge is 2.24. The molecule has 2 atom stereocenters. The quantitative estimate of drug-likeness (QED) is 0.860. The minimum atomic E-state index is 0.184. The van der Waals surface area contributed by atoms with E-state index in [0.717, 1.165) is 18.7 Å². The van der Waals surface area contributed by atoms with Gasteiger partial charge in [-0.15, -0.1) is 0 Å². The zero-order valence-corrected chi connectivity index (χ0v) is 10.8. The Hall–Kier alpha value is -1.06. The maximum Gasteiger partial charge on any atom is 0.123 e. The summed E-state index contributed by atoms with van der Waals surface area (Å²) in [6.07, 6.45) is 1.19. The first kappa shape index (κ1) is 12.4. The number of fused-ring (bicyclic) bond motifs is 1. The summed E-state index contributed by atoms with van der Waals surface area (Å²) in [6, 6.07) is 6.52. The monoisotopic (exact) mass is 235 g/mol. The van der Waals surface area contributed by atoms with Crippen LogP contribution in [0.2, 0.25) is 0 Å². The van der Waals surface area contributed by atoms with Crippen molar-refractivity contribution in [2.75, 3.05) is 20.2 Å². The first-order valence-electron chi connectivity index (χ1n) is 6.17. The van der Waals surface area contributed by atoms with E-state index in [0.29, 0.717) is 0 Å². The largest absolute Gasteiger partial charge is 0.488 e. The van der Waals surface area contributed by atoms with Crippen molar-refractivity contribution < 1.29 is 9.84 Å². The Labute approximate surface area is 103 Å². The van der Waals surface area contributed by atoms with Crippen molar-refractivity contribution in [3.05, 3.63) is 29.3 Å². The molecule has 0 aliphatic carbocycles. The average molecular weight is 235 g/mol. The van der Waals surface area contributed by atoms with Crippen molar-refractivity contribution in [2.45, 2.75) is 32.4 Å². The molecule has 0 saturated heterocycles. The highest BCUT2D eigenvalue weighted by molar-refractivity contribution is 5.40. The lowest BCUT2D eigenvalue weighted by atomic mass is 10.1. The van der Waals surface area contributed by atoms with E-state index >= 15 is 0 Å². The Morgan fingerprint density at radius 1 is 1.53 bits per heavy atom. The fourth-order valence-corrected chi connectivity index (χ4v) is 2.19. The van der Waals surface area contributed by atoms with E-state index in [4.69, 9.17) is 9.84 Å². The number of ether oxygens (including phenoxy) is 1. The van der Waals surface area contributed by atoms with Crippen LogP contribution in [0.5, 0.6) is 5.75 Å². The lowest BCUT2D eigenvalue weighted by molar-refractivity contribution is 0.110. The number of rotatable bonds is 4. The van der Waals surface area contributed by atoms with E-state index in [1.165, 1.54) is 11.1 Å². The molecule has 3 nitrogen and oxygen atoms in total. The summed E-state index contributed by atoms with van der Waals surface area (Å²) in [4.78, 5) is 2.14. The van der Waals surface area contributed by atoms with E-state index in [1.54, 1.807) is 0 Å². The Balaban J connectivity index is 1.96. The third kappa shape index (κ3) is 2.79. The molecule has 0 amide bonds. The predicted octanol–water partition coefficient (Wildman–Crippen LogP) is 1.61. The van der Waals surface area contributed by atoms with Crippen molar-refractivity contribution in [2.24, 2.45) is 0 Å². The number of aliphatic hydroxyl groups excluding tert-OH is 1. The minimum Gasteiger partial charge on any atom is -0.488 e. The van der Waals surface area contributed by atoms with Crippen molar-refractivity contribution in [1.82, 2.24) is 4.90 Å². The summed E-state index contributed by atoms with van der Waals surface area (Å²) in [5.41, 5.74) is 2.59. The molecule has 1 aromatic rings. The second-order valence-corrected chi connectivity index (χ2v) is 5.03. The Morgan fingerprint density at radius 3 is 3.00 bits per heavy atom. The topological polar surface area (TPSA) is 32.7 Å². The smallest absolute Gasteiger partial charge is 0.123 e. The maximum atomic E-state index is 9.11. The second kappa shape index (κ2) is 5.07. The van der Waals surface area contributed by atoms with Crippen LogP contribution < -0.4 is 4.74 Å². The number of likely N-dealkylation sites (N-methyl/N-ethyl adjacent to an activating group) is 1. The normalized spacial score (nSPS) is 20.2. The summed E-state index contributed by atoms with van der Waals surface area (Å²) in [7, 11) is 2.03. The van der Waals surface area contributed by atoms with Gasteiger partial charge < -0.3 is 9.84 Å². The van der Waals surface area contributed by atoms with Gasteiger partial charge in [0.25, 0.3) is 0 Å². The first-order chi connectivity index (χ1) is 8.10. The van der Waals surface area contributed by atoms with Gasteiger partial charge in [-0.3, -0.25) is 4.90 Å². The van der Waals surface area contributed by atoms with Crippen molar-refractivity contribution >= 4 is 0 Å². The molecule has 3 heteroatoms. The first-order valence-corrected chi connectivity index (χ1v) is 6.17. The molecular formula is C14H21NO2. The summed E-state index contributed by atoms with van der Waals surface area (Å²) in [6.45, 7) is 5.17. The van der Waals surface area contributed by atoms with Crippen LogP contribution in [0.3, 0.4) is 0 Å². The Morgan fingerprint density at radius 2 is 2.29 bits per heavy atom. The number of aliphatic hydroxyl groups is 1. The Bertz CT molecular complexity index is 392. The van der Waals surface area contributed by atoms with Gasteiger partial charge in [0, 0.05) is 19.0 Å². The Kier molecular flexibility index (Phi) is 3.69. The number of hydrogen-bond acceptors (Lipinski definition) is 3. The maximum absolute atomic E-state index is 9.11. The molecule has 0 fully saturated rings. The van der Waals surface area contributed by atoms with Crippen LogP contribution in [-0.2, 0) is 6.42 Å². The van der Waals surface area contributed by atoms with Gasteiger partial charge in [-0.2, -0.15) is 0 Å². The minimum absolute atomic E-state index is 0.184. The van der Waals surface area contributed by atoms with Gasteiger partial charge in [0.15, 0.2) is 0 Å². The van der Waals surface area contributed by atoms with E-state index in [9.17, 15) is 0 Å². The van der Waals surface area contributed by atoms with Gasteiger partial charge in [0.2, 0.25) is 0 Å². The fraction of sp³-hybridized carbons (Fsp3) is 0.571. The number of benzene rings is 1. The second-order valence-electron chi connectivity index (χ2n) is 5.03. The summed E-state index contributed by atoms with van der Waals surface area (Å²) >= 11 is 0. The highest BCUT2D eigenvalue weighted by Crippen LogP contribution is 2.29. The standard InChI is InChI=1S/C14H21NO2/c1-10-4-5-14-12(6-10)7-13(17-14)8-15(3)11(2)9-16/h4-6,11,13,16H,7-9H2,1-3H3. The van der Waals surface area contributed by atoms with Gasteiger partial charge >= 0.3 is 0 Å². The molecule has 94 valence electrons. The number of nitrogens with zero attached hydrogens (tertiary/aromatic N) is 1. The zero-order valence-electron chi connectivity index (χ0n) is 10.8. The molecule has 0 bridgehead atoms. The highest BCUT2D eigenvalue weighted by atomic mass is 16.5. The summed E-state index contributed by atoms with van der Waals surface area (Å²) in [5, 5.41) is 9.11. The third-order valence-electron chi connectivity index (χ3n) is 3.47. The molecule has 1 aliphatic heterocycles. The number of hydrogen-bond donors (Lipinski definition) is 1. The lowest BCUT2D eigenvalue weighted by Gasteiger charge is -2.25. The molecule has 1 N–H and O–H groups in total. The van der Waals surface area contributed by atoms with E-state index in [1.807, 2.05) is 14.0 Å². The van der Waals surface area contributed by atoms with Crippen LogP contribution in [0.15, 0.2) is 18.2 Å². The van der Waals surface area contributed by atoms with Gasteiger partial charge in [-0.25, -0.2) is 0 Å². The van der Waals surface area contributed by atoms with E-state index in [2.05, 4.69) is 30.0 Å². The zero-order chi connectivity index (χ0) is 12.4. The van der Waals surface area contributed by atoms with Gasteiger partial charge in [-0.05, 0) is 32.5 Å². The average Bonchev–Trinajstić information content (AvgIpc) is 2.69. The molecule has 1 aliphatic rings. The predicted molar refractivity (Wildman–Crippen MR) is 68.5 cm³/mol. The third-order valence-corrected chi connectivity index (χ3v) is 3.47. The van der Waals surface area contributed by atoms with Crippen molar-refractivity contribution in [3.63, 3.8) is 0 Å². The molecule has 0 aromatic heterocycles. The summed E-state index contributed by atoms with van der Waals surface area (Å²) in [5.74, 6) is 1.02.